The summed E-state index contributed by atoms with van der Waals surface area (Å²) in [6.45, 7) is 3.27. The number of carbonyl (C=O) groups is 1. The van der Waals surface area contributed by atoms with Crippen LogP contribution in [0.2, 0.25) is 5.02 Å². The molecule has 0 radical (unpaired) electrons. The van der Waals surface area contributed by atoms with Gasteiger partial charge in [-0.1, -0.05) is 35.9 Å². The first kappa shape index (κ1) is 16.3. The maximum Gasteiger partial charge on any atom is 0.238 e. The molecule has 1 amide bonds. The quantitative estimate of drug-likeness (QED) is 0.822. The van der Waals surface area contributed by atoms with Crippen LogP contribution in [0.4, 0.5) is 5.69 Å². The minimum absolute atomic E-state index is 0.110. The van der Waals surface area contributed by atoms with Crippen LogP contribution in [0.5, 0.6) is 5.75 Å². The van der Waals surface area contributed by atoms with Crippen LogP contribution in [0.15, 0.2) is 48.5 Å². The molecule has 0 atom stereocenters. The second-order valence-electron chi connectivity index (χ2n) is 4.70. The van der Waals surface area contributed by atoms with Gasteiger partial charge in [-0.2, -0.15) is 0 Å². The number of carbonyl (C=O) groups excluding carboxylic acids is 1. The van der Waals surface area contributed by atoms with Gasteiger partial charge in [0.2, 0.25) is 5.91 Å². The summed E-state index contributed by atoms with van der Waals surface area (Å²) < 4.78 is 5.40. The Morgan fingerprint density at radius 3 is 2.77 bits per heavy atom. The van der Waals surface area contributed by atoms with E-state index in [0.717, 1.165) is 17.0 Å². The highest BCUT2D eigenvalue weighted by atomic mass is 35.5. The van der Waals surface area contributed by atoms with E-state index in [9.17, 15) is 4.79 Å². The molecule has 2 aromatic carbocycles. The molecule has 2 N–H and O–H groups in total. The molecule has 0 saturated carbocycles. The fraction of sp³-hybridized carbons (Fsp3) is 0.235. The van der Waals surface area contributed by atoms with Crippen LogP contribution < -0.4 is 15.4 Å². The van der Waals surface area contributed by atoms with E-state index >= 15 is 0 Å². The molecule has 0 bridgehead atoms. The molecule has 0 aliphatic rings. The Morgan fingerprint density at radius 1 is 1.18 bits per heavy atom. The zero-order valence-electron chi connectivity index (χ0n) is 12.4. The Balaban J connectivity index is 1.81. The van der Waals surface area contributed by atoms with E-state index in [1.54, 1.807) is 6.07 Å². The summed E-state index contributed by atoms with van der Waals surface area (Å²) in [4.78, 5) is 11.9. The molecule has 0 spiro atoms. The lowest BCUT2D eigenvalue weighted by Gasteiger charge is -2.09. The highest BCUT2D eigenvalue weighted by Gasteiger charge is 2.04. The molecule has 0 unspecified atom stereocenters. The van der Waals surface area contributed by atoms with Crippen molar-refractivity contribution in [1.29, 1.82) is 0 Å². The van der Waals surface area contributed by atoms with E-state index in [0.29, 0.717) is 18.2 Å². The van der Waals surface area contributed by atoms with Crippen LogP contribution in [0, 0.1) is 0 Å². The number of amides is 1. The molecule has 4 nitrogen and oxygen atoms in total. The smallest absolute Gasteiger partial charge is 0.238 e. The third-order valence-corrected chi connectivity index (χ3v) is 3.36. The molecule has 2 aromatic rings. The van der Waals surface area contributed by atoms with Gasteiger partial charge < -0.3 is 15.4 Å². The summed E-state index contributed by atoms with van der Waals surface area (Å²) in [5.41, 5.74) is 1.69. The maximum absolute atomic E-state index is 11.9. The Hall–Kier alpha value is -2.04. The predicted octanol–water partition coefficient (Wildman–Crippen LogP) is 3.47. The van der Waals surface area contributed by atoms with Crippen molar-refractivity contribution >= 4 is 23.2 Å². The summed E-state index contributed by atoms with van der Waals surface area (Å²) in [7, 11) is 0. The summed E-state index contributed by atoms with van der Waals surface area (Å²) in [6.07, 6.45) is 0. The van der Waals surface area contributed by atoms with Gasteiger partial charge in [0, 0.05) is 23.3 Å². The minimum atomic E-state index is -0.110. The van der Waals surface area contributed by atoms with Crippen molar-refractivity contribution in [3.63, 3.8) is 0 Å². The van der Waals surface area contributed by atoms with E-state index in [-0.39, 0.29) is 12.5 Å². The number of benzene rings is 2. The molecular weight excluding hydrogens is 300 g/mol. The predicted molar refractivity (Wildman–Crippen MR) is 89.4 cm³/mol. The lowest BCUT2D eigenvalue weighted by atomic mass is 10.2. The molecule has 5 heteroatoms. The summed E-state index contributed by atoms with van der Waals surface area (Å²) >= 11 is 6.06. The van der Waals surface area contributed by atoms with Crippen molar-refractivity contribution < 1.29 is 9.53 Å². The van der Waals surface area contributed by atoms with E-state index < -0.39 is 0 Å². The monoisotopic (exact) mass is 318 g/mol. The van der Waals surface area contributed by atoms with Crippen molar-refractivity contribution in [2.24, 2.45) is 0 Å². The highest BCUT2D eigenvalue weighted by Crippen LogP contribution is 2.17. The van der Waals surface area contributed by atoms with E-state index in [1.165, 1.54) is 0 Å². The molecule has 0 saturated heterocycles. The average Bonchev–Trinajstić information content (AvgIpc) is 2.50. The maximum atomic E-state index is 11.9. The van der Waals surface area contributed by atoms with Crippen LogP contribution in [-0.4, -0.2) is 19.1 Å². The second kappa shape index (κ2) is 8.41. The van der Waals surface area contributed by atoms with Gasteiger partial charge in [-0.05, 0) is 30.7 Å². The number of hydrogen-bond acceptors (Lipinski definition) is 3. The van der Waals surface area contributed by atoms with Crippen LogP contribution in [-0.2, 0) is 11.3 Å². The minimum Gasteiger partial charge on any atom is -0.494 e. The van der Waals surface area contributed by atoms with Crippen molar-refractivity contribution in [2.45, 2.75) is 13.5 Å². The number of halogens is 1. The van der Waals surface area contributed by atoms with Gasteiger partial charge in [0.25, 0.3) is 0 Å². The van der Waals surface area contributed by atoms with Gasteiger partial charge in [0.05, 0.1) is 13.2 Å². The van der Waals surface area contributed by atoms with Gasteiger partial charge in [0.1, 0.15) is 5.75 Å². The van der Waals surface area contributed by atoms with Crippen molar-refractivity contribution in [1.82, 2.24) is 5.32 Å². The summed E-state index contributed by atoms with van der Waals surface area (Å²) in [5, 5.41) is 6.60. The molecule has 0 fully saturated rings. The summed E-state index contributed by atoms with van der Waals surface area (Å²) in [5.74, 6) is 0.630. The fourth-order valence-corrected chi connectivity index (χ4v) is 2.19. The molecule has 0 aliphatic heterocycles. The molecule has 0 aromatic heterocycles. The lowest BCUT2D eigenvalue weighted by Crippen LogP contribution is -2.27. The van der Waals surface area contributed by atoms with Gasteiger partial charge in [-0.25, -0.2) is 0 Å². The molecule has 0 heterocycles. The van der Waals surface area contributed by atoms with Crippen molar-refractivity contribution in [2.75, 3.05) is 18.5 Å². The number of hydrogen-bond donors (Lipinski definition) is 2. The molecular formula is C17H19ClN2O2. The normalized spacial score (nSPS) is 10.3. The summed E-state index contributed by atoms with van der Waals surface area (Å²) in [6, 6.07) is 14.9. The lowest BCUT2D eigenvalue weighted by molar-refractivity contribution is -0.115. The molecule has 0 aliphatic carbocycles. The Morgan fingerprint density at radius 2 is 2.00 bits per heavy atom. The number of anilines is 1. The molecule has 116 valence electrons. The van der Waals surface area contributed by atoms with Gasteiger partial charge >= 0.3 is 0 Å². The van der Waals surface area contributed by atoms with Gasteiger partial charge in [-0.15, -0.1) is 0 Å². The largest absolute Gasteiger partial charge is 0.494 e. The Kier molecular flexibility index (Phi) is 6.25. The number of rotatable bonds is 7. The van der Waals surface area contributed by atoms with E-state index in [2.05, 4.69) is 10.6 Å². The van der Waals surface area contributed by atoms with Gasteiger partial charge in [0.15, 0.2) is 0 Å². The van der Waals surface area contributed by atoms with Crippen LogP contribution in [0.3, 0.4) is 0 Å². The van der Waals surface area contributed by atoms with E-state index in [1.807, 2.05) is 49.4 Å². The topological polar surface area (TPSA) is 50.4 Å². The fourth-order valence-electron chi connectivity index (χ4n) is 1.99. The molecule has 2 rings (SSSR count). The first-order valence-corrected chi connectivity index (χ1v) is 7.53. The second-order valence-corrected chi connectivity index (χ2v) is 5.11. The van der Waals surface area contributed by atoms with Crippen LogP contribution >= 0.6 is 11.6 Å². The number of ether oxygens (including phenoxy) is 1. The Labute approximate surface area is 135 Å². The third kappa shape index (κ3) is 5.06. The standard InChI is InChI=1S/C17H19ClN2O2/c1-2-22-15-8-5-7-14(10-15)20-17(21)12-19-11-13-6-3-4-9-16(13)18/h3-10,19H,2,11-12H2,1H3,(H,20,21). The van der Waals surface area contributed by atoms with Crippen LogP contribution in [0.25, 0.3) is 0 Å². The average molecular weight is 319 g/mol. The zero-order chi connectivity index (χ0) is 15.8. The Bertz CT molecular complexity index is 632. The van der Waals surface area contributed by atoms with Gasteiger partial charge in [-0.3, -0.25) is 4.79 Å². The first-order valence-electron chi connectivity index (χ1n) is 7.16. The SMILES string of the molecule is CCOc1cccc(NC(=O)CNCc2ccccc2Cl)c1. The first-order chi connectivity index (χ1) is 10.7. The van der Waals surface area contributed by atoms with Crippen LogP contribution in [0.1, 0.15) is 12.5 Å². The highest BCUT2D eigenvalue weighted by molar-refractivity contribution is 6.31. The zero-order valence-corrected chi connectivity index (χ0v) is 13.2. The van der Waals surface area contributed by atoms with Crippen molar-refractivity contribution in [3.8, 4) is 5.75 Å². The number of nitrogens with one attached hydrogen (secondary N) is 2. The molecule has 22 heavy (non-hydrogen) atoms. The van der Waals surface area contributed by atoms with E-state index in [4.69, 9.17) is 16.3 Å². The third-order valence-electron chi connectivity index (χ3n) is 2.99. The van der Waals surface area contributed by atoms with Crippen molar-refractivity contribution in [3.05, 3.63) is 59.1 Å².